The van der Waals surface area contributed by atoms with E-state index in [2.05, 4.69) is 10.5 Å². The minimum Gasteiger partial charge on any atom is -0.484 e. The maximum absolute atomic E-state index is 12.4. The van der Waals surface area contributed by atoms with Crippen LogP contribution in [0.15, 0.2) is 34.9 Å². The number of halogens is 1. The van der Waals surface area contributed by atoms with Crippen LogP contribution in [0.1, 0.15) is 19.6 Å². The molecule has 0 saturated carbocycles. The molecule has 0 spiro atoms. The zero-order valence-corrected chi connectivity index (χ0v) is 15.0. The van der Waals surface area contributed by atoms with E-state index in [4.69, 9.17) is 20.9 Å². The monoisotopic (exact) mass is 365 g/mol. The molecule has 1 heterocycles. The Morgan fingerprint density at radius 3 is 2.56 bits per heavy atom. The second-order valence-electron chi connectivity index (χ2n) is 5.73. The van der Waals surface area contributed by atoms with Crippen LogP contribution in [0, 0.1) is 6.92 Å². The first-order chi connectivity index (χ1) is 11.8. The third-order valence-corrected chi connectivity index (χ3v) is 3.58. The minimum atomic E-state index is -0.359. The molecule has 0 unspecified atom stereocenters. The lowest BCUT2D eigenvalue weighted by molar-refractivity contribution is -0.138. The molecule has 1 N–H and O–H groups in total. The van der Waals surface area contributed by atoms with Crippen LogP contribution in [0.2, 0.25) is 5.02 Å². The van der Waals surface area contributed by atoms with E-state index in [1.165, 1.54) is 4.90 Å². The average molecular weight is 366 g/mol. The van der Waals surface area contributed by atoms with Gasteiger partial charge >= 0.3 is 0 Å². The number of amides is 2. The third-order valence-electron chi connectivity index (χ3n) is 3.33. The molecule has 2 amide bonds. The molecule has 1 aromatic carbocycles. The Kier molecular flexibility index (Phi) is 6.41. The summed E-state index contributed by atoms with van der Waals surface area (Å²) in [7, 11) is 0. The molecule has 0 saturated heterocycles. The van der Waals surface area contributed by atoms with E-state index < -0.39 is 0 Å². The lowest BCUT2D eigenvalue weighted by Gasteiger charge is -2.26. The number of anilines is 1. The number of benzene rings is 1. The van der Waals surface area contributed by atoms with Crippen LogP contribution < -0.4 is 10.1 Å². The Balaban J connectivity index is 1.90. The van der Waals surface area contributed by atoms with Gasteiger partial charge in [0.05, 0.1) is 0 Å². The first kappa shape index (κ1) is 18.8. The normalized spacial score (nSPS) is 10.6. The first-order valence-corrected chi connectivity index (χ1v) is 8.14. The molecule has 134 valence electrons. The van der Waals surface area contributed by atoms with Crippen molar-refractivity contribution in [2.75, 3.05) is 18.5 Å². The van der Waals surface area contributed by atoms with Crippen molar-refractivity contribution in [3.05, 3.63) is 41.1 Å². The van der Waals surface area contributed by atoms with Crippen LogP contribution in [0.3, 0.4) is 0 Å². The van der Waals surface area contributed by atoms with Gasteiger partial charge in [0.25, 0.3) is 5.91 Å². The molecule has 0 aliphatic heterocycles. The highest BCUT2D eigenvalue weighted by Crippen LogP contribution is 2.15. The maximum Gasteiger partial charge on any atom is 0.261 e. The molecular formula is C17H20ClN3O4. The highest BCUT2D eigenvalue weighted by Gasteiger charge is 2.21. The molecule has 0 atom stereocenters. The van der Waals surface area contributed by atoms with Crippen LogP contribution >= 0.6 is 11.6 Å². The average Bonchev–Trinajstić information content (AvgIpc) is 2.96. The SMILES string of the molecule is Cc1cc(NC(=O)CN(C(=O)COc2ccc(Cl)cc2)C(C)C)no1. The number of hydrogen-bond donors (Lipinski definition) is 1. The number of aryl methyl sites for hydroxylation is 1. The summed E-state index contributed by atoms with van der Waals surface area (Å²) in [4.78, 5) is 25.9. The predicted octanol–water partition coefficient (Wildman–Crippen LogP) is 2.89. The summed E-state index contributed by atoms with van der Waals surface area (Å²) in [5.74, 6) is 0.779. The zero-order chi connectivity index (χ0) is 18.4. The summed E-state index contributed by atoms with van der Waals surface area (Å²) in [6.45, 7) is 5.10. The van der Waals surface area contributed by atoms with Gasteiger partial charge in [-0.3, -0.25) is 9.59 Å². The van der Waals surface area contributed by atoms with E-state index in [1.807, 2.05) is 13.8 Å². The number of hydrogen-bond acceptors (Lipinski definition) is 5. The van der Waals surface area contributed by atoms with E-state index in [-0.39, 0.29) is 31.0 Å². The first-order valence-electron chi connectivity index (χ1n) is 7.76. The molecule has 0 radical (unpaired) electrons. The van der Waals surface area contributed by atoms with Gasteiger partial charge in [0.2, 0.25) is 5.91 Å². The van der Waals surface area contributed by atoms with Crippen molar-refractivity contribution in [1.82, 2.24) is 10.1 Å². The second-order valence-corrected chi connectivity index (χ2v) is 6.17. The van der Waals surface area contributed by atoms with E-state index in [1.54, 1.807) is 37.3 Å². The van der Waals surface area contributed by atoms with Crippen LogP contribution in [0.5, 0.6) is 5.75 Å². The molecule has 0 bridgehead atoms. The fraction of sp³-hybridized carbons (Fsp3) is 0.353. The lowest BCUT2D eigenvalue weighted by Crippen LogP contribution is -2.44. The smallest absolute Gasteiger partial charge is 0.261 e. The summed E-state index contributed by atoms with van der Waals surface area (Å²) >= 11 is 5.80. The lowest BCUT2D eigenvalue weighted by atomic mass is 10.3. The van der Waals surface area contributed by atoms with Gasteiger partial charge in [-0.25, -0.2) is 0 Å². The Morgan fingerprint density at radius 1 is 1.32 bits per heavy atom. The van der Waals surface area contributed by atoms with Crippen LogP contribution in [-0.4, -0.2) is 41.1 Å². The summed E-state index contributed by atoms with van der Waals surface area (Å²) in [5, 5.41) is 6.87. The summed E-state index contributed by atoms with van der Waals surface area (Å²) in [5.41, 5.74) is 0. The summed E-state index contributed by atoms with van der Waals surface area (Å²) in [6.07, 6.45) is 0. The number of ether oxygens (including phenoxy) is 1. The summed E-state index contributed by atoms with van der Waals surface area (Å²) < 4.78 is 10.3. The largest absolute Gasteiger partial charge is 0.484 e. The molecule has 2 aromatic rings. The predicted molar refractivity (Wildman–Crippen MR) is 93.7 cm³/mol. The third kappa shape index (κ3) is 5.79. The van der Waals surface area contributed by atoms with E-state index in [0.29, 0.717) is 22.4 Å². The van der Waals surface area contributed by atoms with Gasteiger partial charge in [-0.05, 0) is 45.0 Å². The van der Waals surface area contributed by atoms with Gasteiger partial charge in [0.15, 0.2) is 12.4 Å². The van der Waals surface area contributed by atoms with E-state index in [9.17, 15) is 9.59 Å². The van der Waals surface area contributed by atoms with Crippen molar-refractivity contribution >= 4 is 29.2 Å². The Hall–Kier alpha value is -2.54. The standard InChI is InChI=1S/C17H20ClN3O4/c1-11(2)21(9-16(22)19-15-8-12(3)25-20-15)17(23)10-24-14-6-4-13(18)5-7-14/h4-8,11H,9-10H2,1-3H3,(H,19,20,22). The van der Waals surface area contributed by atoms with Crippen LogP contribution in [-0.2, 0) is 9.59 Å². The number of rotatable bonds is 7. The van der Waals surface area contributed by atoms with Gasteiger partial charge in [-0.15, -0.1) is 0 Å². The summed E-state index contributed by atoms with van der Waals surface area (Å²) in [6, 6.07) is 8.14. The van der Waals surface area contributed by atoms with Crippen molar-refractivity contribution in [3.8, 4) is 5.75 Å². The Labute approximate surface area is 150 Å². The molecule has 0 aliphatic carbocycles. The molecule has 8 heteroatoms. The Bertz CT molecular complexity index is 728. The fourth-order valence-corrected chi connectivity index (χ4v) is 2.21. The number of nitrogens with one attached hydrogen (secondary N) is 1. The van der Waals surface area contributed by atoms with Gasteiger partial charge in [-0.1, -0.05) is 16.8 Å². The van der Waals surface area contributed by atoms with Crippen molar-refractivity contribution in [2.45, 2.75) is 26.8 Å². The van der Waals surface area contributed by atoms with Gasteiger partial charge in [-0.2, -0.15) is 0 Å². The molecule has 2 rings (SSSR count). The van der Waals surface area contributed by atoms with Crippen molar-refractivity contribution in [1.29, 1.82) is 0 Å². The number of nitrogens with zero attached hydrogens (tertiary/aromatic N) is 2. The molecule has 25 heavy (non-hydrogen) atoms. The van der Waals surface area contributed by atoms with Gasteiger partial charge in [0.1, 0.15) is 18.1 Å². The molecular weight excluding hydrogens is 346 g/mol. The van der Waals surface area contributed by atoms with Crippen molar-refractivity contribution < 1.29 is 18.8 Å². The van der Waals surface area contributed by atoms with E-state index >= 15 is 0 Å². The molecule has 0 fully saturated rings. The molecule has 7 nitrogen and oxygen atoms in total. The van der Waals surface area contributed by atoms with Crippen molar-refractivity contribution in [3.63, 3.8) is 0 Å². The van der Waals surface area contributed by atoms with Gasteiger partial charge < -0.3 is 19.5 Å². The molecule has 0 aliphatic rings. The quantitative estimate of drug-likeness (QED) is 0.815. The maximum atomic E-state index is 12.4. The highest BCUT2D eigenvalue weighted by molar-refractivity contribution is 6.30. The number of carbonyl (C=O) groups is 2. The fourth-order valence-electron chi connectivity index (χ4n) is 2.08. The van der Waals surface area contributed by atoms with Gasteiger partial charge in [0, 0.05) is 17.1 Å². The Morgan fingerprint density at radius 2 is 2.00 bits per heavy atom. The minimum absolute atomic E-state index is 0.105. The van der Waals surface area contributed by atoms with Crippen molar-refractivity contribution in [2.24, 2.45) is 0 Å². The zero-order valence-electron chi connectivity index (χ0n) is 14.3. The molecule has 1 aromatic heterocycles. The number of carbonyl (C=O) groups excluding carboxylic acids is 2. The van der Waals surface area contributed by atoms with Crippen LogP contribution in [0.4, 0.5) is 5.82 Å². The topological polar surface area (TPSA) is 84.7 Å². The van der Waals surface area contributed by atoms with E-state index in [0.717, 1.165) is 0 Å². The van der Waals surface area contributed by atoms with Crippen LogP contribution in [0.25, 0.3) is 0 Å². The second kappa shape index (κ2) is 8.53. The highest BCUT2D eigenvalue weighted by atomic mass is 35.5. The number of aromatic nitrogens is 1.